The summed E-state index contributed by atoms with van der Waals surface area (Å²) in [7, 11) is 2.14. The molecule has 0 amide bonds. The van der Waals surface area contributed by atoms with Crippen LogP contribution in [0.15, 0.2) is 57.6 Å². The highest BCUT2D eigenvalue weighted by atomic mass is 32.2. The number of anilines is 2. The van der Waals surface area contributed by atoms with Crippen LogP contribution in [0.5, 0.6) is 0 Å². The Morgan fingerprint density at radius 3 is 2.76 bits per heavy atom. The molecule has 0 saturated carbocycles. The first kappa shape index (κ1) is 16.6. The maximum absolute atomic E-state index is 5.74. The van der Waals surface area contributed by atoms with Crippen molar-refractivity contribution in [2.45, 2.75) is 23.1 Å². The summed E-state index contributed by atoms with van der Waals surface area (Å²) >= 11 is 3.56. The summed E-state index contributed by atoms with van der Waals surface area (Å²) in [6.07, 6.45) is 0.954. The maximum atomic E-state index is 5.74. The molecule has 0 bridgehead atoms. The van der Waals surface area contributed by atoms with Gasteiger partial charge >= 0.3 is 0 Å². The summed E-state index contributed by atoms with van der Waals surface area (Å²) in [6.45, 7) is 2.87. The van der Waals surface area contributed by atoms with Crippen molar-refractivity contribution >= 4 is 34.5 Å². The quantitative estimate of drug-likeness (QED) is 0.690. The Balaban J connectivity index is 1.65. The fourth-order valence-electron chi connectivity index (χ4n) is 3.01. The molecule has 0 fully saturated rings. The van der Waals surface area contributed by atoms with Crippen LogP contribution in [0, 0.1) is 5.92 Å². The van der Waals surface area contributed by atoms with Gasteiger partial charge in [0.2, 0.25) is 0 Å². The normalized spacial score (nSPS) is 14.1. The minimum atomic E-state index is 0.474. The van der Waals surface area contributed by atoms with Gasteiger partial charge in [-0.05, 0) is 36.7 Å². The number of rotatable bonds is 4. The fraction of sp³-hybridized carbons (Fsp3) is 0.250. The minimum Gasteiger partial charge on any atom is -0.343 e. The summed E-state index contributed by atoms with van der Waals surface area (Å²) in [4.78, 5) is 9.69. The molecule has 3 nitrogen and oxygen atoms in total. The monoisotopic (exact) mass is 367 g/mol. The van der Waals surface area contributed by atoms with E-state index in [9.17, 15) is 0 Å². The Labute approximate surface area is 156 Å². The van der Waals surface area contributed by atoms with Gasteiger partial charge in [-0.3, -0.25) is 0 Å². The Morgan fingerprint density at radius 1 is 1.12 bits per heavy atom. The van der Waals surface area contributed by atoms with Crippen molar-refractivity contribution in [3.63, 3.8) is 0 Å². The molecule has 1 aromatic heterocycles. The highest BCUT2D eigenvalue weighted by Gasteiger charge is 2.21. The lowest BCUT2D eigenvalue weighted by Gasteiger charge is -2.29. The van der Waals surface area contributed by atoms with Crippen molar-refractivity contribution in [2.75, 3.05) is 18.5 Å². The molecule has 2 heterocycles. The molecule has 0 radical (unpaired) electrons. The number of nitrogens with two attached hydrogens (primary N) is 1. The third-order valence-corrected chi connectivity index (χ3v) is 6.54. The SMILES string of the molecule is CC(CN)Cc1nc(-c2ccc3c(c2)N(C)c2ccccc2S3)cs1. The van der Waals surface area contributed by atoms with Gasteiger partial charge in [0, 0.05) is 34.2 Å². The molecule has 2 N–H and O–H groups in total. The first-order valence-electron chi connectivity index (χ1n) is 8.45. The summed E-state index contributed by atoms with van der Waals surface area (Å²) in [5.41, 5.74) is 10.5. The van der Waals surface area contributed by atoms with E-state index < -0.39 is 0 Å². The van der Waals surface area contributed by atoms with Crippen LogP contribution in [-0.2, 0) is 6.42 Å². The van der Waals surface area contributed by atoms with E-state index in [1.807, 2.05) is 11.8 Å². The van der Waals surface area contributed by atoms with Crippen LogP contribution in [0.1, 0.15) is 11.9 Å². The third-order valence-electron chi connectivity index (χ3n) is 4.54. The Bertz CT molecular complexity index is 903. The van der Waals surface area contributed by atoms with Crippen molar-refractivity contribution in [2.24, 2.45) is 11.7 Å². The van der Waals surface area contributed by atoms with Crippen LogP contribution < -0.4 is 10.6 Å². The van der Waals surface area contributed by atoms with E-state index in [2.05, 4.69) is 66.7 Å². The molecule has 25 heavy (non-hydrogen) atoms. The van der Waals surface area contributed by atoms with Gasteiger partial charge in [-0.25, -0.2) is 4.98 Å². The number of hydrogen-bond donors (Lipinski definition) is 1. The van der Waals surface area contributed by atoms with Gasteiger partial charge < -0.3 is 10.6 Å². The number of para-hydroxylation sites is 1. The number of benzene rings is 2. The molecule has 1 aliphatic rings. The second-order valence-corrected chi connectivity index (χ2v) is 8.51. The van der Waals surface area contributed by atoms with Gasteiger partial charge in [0.05, 0.1) is 22.1 Å². The van der Waals surface area contributed by atoms with Crippen LogP contribution in [0.2, 0.25) is 0 Å². The second kappa shape index (κ2) is 6.83. The average Bonchev–Trinajstić information content (AvgIpc) is 3.10. The van der Waals surface area contributed by atoms with Crippen molar-refractivity contribution in [3.8, 4) is 11.3 Å². The lowest BCUT2D eigenvalue weighted by atomic mass is 10.1. The maximum Gasteiger partial charge on any atom is 0.0935 e. The molecule has 128 valence electrons. The molecule has 1 unspecified atom stereocenters. The molecular weight excluding hydrogens is 346 g/mol. The lowest BCUT2D eigenvalue weighted by molar-refractivity contribution is 0.591. The summed E-state index contributed by atoms with van der Waals surface area (Å²) < 4.78 is 0. The molecule has 1 aliphatic heterocycles. The summed E-state index contributed by atoms with van der Waals surface area (Å²) in [5, 5.41) is 3.32. The second-order valence-electron chi connectivity index (χ2n) is 6.48. The van der Waals surface area contributed by atoms with E-state index in [4.69, 9.17) is 10.7 Å². The highest BCUT2D eigenvalue weighted by Crippen LogP contribution is 2.48. The first-order chi connectivity index (χ1) is 12.2. The van der Waals surface area contributed by atoms with E-state index >= 15 is 0 Å². The van der Waals surface area contributed by atoms with Gasteiger partial charge in [-0.15, -0.1) is 11.3 Å². The number of aromatic nitrogens is 1. The Morgan fingerprint density at radius 2 is 1.92 bits per heavy atom. The van der Waals surface area contributed by atoms with Crippen molar-refractivity contribution in [1.82, 2.24) is 4.98 Å². The van der Waals surface area contributed by atoms with E-state index in [0.29, 0.717) is 12.5 Å². The third kappa shape index (κ3) is 3.19. The Hall–Kier alpha value is -1.82. The van der Waals surface area contributed by atoms with E-state index in [0.717, 1.165) is 12.1 Å². The molecule has 3 aromatic rings. The number of nitrogens with zero attached hydrogens (tertiary/aromatic N) is 2. The zero-order valence-electron chi connectivity index (χ0n) is 14.4. The first-order valence-corrected chi connectivity index (χ1v) is 10.1. The summed E-state index contributed by atoms with van der Waals surface area (Å²) in [6, 6.07) is 15.2. The van der Waals surface area contributed by atoms with Gasteiger partial charge in [-0.1, -0.05) is 36.9 Å². The Kier molecular flexibility index (Phi) is 4.54. The number of hydrogen-bond acceptors (Lipinski definition) is 5. The molecule has 2 aromatic carbocycles. The number of thiazole rings is 1. The molecule has 4 rings (SSSR count). The van der Waals surface area contributed by atoms with E-state index in [-0.39, 0.29) is 0 Å². The van der Waals surface area contributed by atoms with E-state index in [1.165, 1.54) is 31.7 Å². The molecule has 0 spiro atoms. The number of fused-ring (bicyclic) bond motifs is 2. The van der Waals surface area contributed by atoms with Crippen LogP contribution in [0.25, 0.3) is 11.3 Å². The van der Waals surface area contributed by atoms with Gasteiger partial charge in [0.15, 0.2) is 0 Å². The molecular formula is C20H21N3S2. The van der Waals surface area contributed by atoms with Crippen LogP contribution in [-0.4, -0.2) is 18.6 Å². The van der Waals surface area contributed by atoms with Gasteiger partial charge in [-0.2, -0.15) is 0 Å². The average molecular weight is 368 g/mol. The smallest absolute Gasteiger partial charge is 0.0935 e. The van der Waals surface area contributed by atoms with Crippen LogP contribution >= 0.6 is 23.1 Å². The van der Waals surface area contributed by atoms with Crippen LogP contribution in [0.4, 0.5) is 11.4 Å². The highest BCUT2D eigenvalue weighted by molar-refractivity contribution is 7.99. The fourth-order valence-corrected chi connectivity index (χ4v) is 5.11. The predicted molar refractivity (Wildman–Crippen MR) is 108 cm³/mol. The zero-order chi connectivity index (χ0) is 17.4. The van der Waals surface area contributed by atoms with Gasteiger partial charge in [0.25, 0.3) is 0 Å². The predicted octanol–water partition coefficient (Wildman–Crippen LogP) is 5.18. The van der Waals surface area contributed by atoms with Crippen molar-refractivity contribution in [1.29, 1.82) is 0 Å². The summed E-state index contributed by atoms with van der Waals surface area (Å²) in [5.74, 6) is 0.474. The van der Waals surface area contributed by atoms with Crippen molar-refractivity contribution in [3.05, 3.63) is 52.9 Å². The molecule has 1 atom stereocenters. The minimum absolute atomic E-state index is 0.474. The standard InChI is InChI=1S/C20H21N3S2/c1-13(11-21)9-20-22-15(12-24-20)14-7-8-19-17(10-14)23(2)16-5-3-4-6-18(16)25-19/h3-8,10,12-13H,9,11,21H2,1-2H3. The molecule has 0 saturated heterocycles. The zero-order valence-corrected chi connectivity index (χ0v) is 16.0. The largest absolute Gasteiger partial charge is 0.343 e. The van der Waals surface area contributed by atoms with Gasteiger partial charge in [0.1, 0.15) is 0 Å². The topological polar surface area (TPSA) is 42.1 Å². The molecule has 5 heteroatoms. The van der Waals surface area contributed by atoms with Crippen molar-refractivity contribution < 1.29 is 0 Å². The molecule has 0 aliphatic carbocycles. The van der Waals surface area contributed by atoms with E-state index in [1.54, 1.807) is 11.3 Å². The van der Waals surface area contributed by atoms with Crippen LogP contribution in [0.3, 0.4) is 0 Å². The lowest BCUT2D eigenvalue weighted by Crippen LogP contribution is -2.14.